The number of alkyl carbamates (subject to hydrolysis) is 1. The maximum atomic E-state index is 11.6. The summed E-state index contributed by atoms with van der Waals surface area (Å²) in [4.78, 5) is 34.0. The van der Waals surface area contributed by atoms with E-state index in [1.165, 1.54) is 6.08 Å². The molecule has 1 atom stereocenters. The van der Waals surface area contributed by atoms with Gasteiger partial charge in [-0.05, 0) is 12.0 Å². The van der Waals surface area contributed by atoms with E-state index in [2.05, 4.69) is 11.9 Å². The molecule has 0 bridgehead atoms. The number of carbonyl (C=O) groups excluding carboxylic acids is 2. The number of rotatable bonds is 9. The molecular formula is C16H19NO6. The van der Waals surface area contributed by atoms with Crippen LogP contribution in [0.15, 0.2) is 43.0 Å². The van der Waals surface area contributed by atoms with Crippen LogP contribution in [0.5, 0.6) is 0 Å². The Morgan fingerprint density at radius 1 is 1.22 bits per heavy atom. The first-order valence-corrected chi connectivity index (χ1v) is 6.99. The summed E-state index contributed by atoms with van der Waals surface area (Å²) in [6.07, 6.45) is 0.321. The van der Waals surface area contributed by atoms with Crippen LogP contribution in [0.25, 0.3) is 0 Å². The molecule has 0 aromatic heterocycles. The Morgan fingerprint density at radius 3 is 2.52 bits per heavy atom. The van der Waals surface area contributed by atoms with Crippen LogP contribution in [0.2, 0.25) is 0 Å². The predicted octanol–water partition coefficient (Wildman–Crippen LogP) is 1.88. The lowest BCUT2D eigenvalue weighted by Gasteiger charge is -2.14. The molecule has 0 heterocycles. The molecule has 2 N–H and O–H groups in total. The fourth-order valence-corrected chi connectivity index (χ4v) is 1.65. The number of amides is 1. The number of nitrogens with one attached hydrogen (secondary N) is 1. The lowest BCUT2D eigenvalue weighted by molar-refractivity contribution is -0.143. The second-order valence-corrected chi connectivity index (χ2v) is 4.61. The standard InChI is InChI=1S/C16H19NO6/c1-2-10-22-14(18)9-8-13(15(19)20)17-16(21)23-11-12-6-4-3-5-7-12/h2-7,13H,1,8-11H2,(H,17,21)(H,19,20)/t13-/m0/s1. The highest BCUT2D eigenvalue weighted by molar-refractivity contribution is 5.80. The van der Waals surface area contributed by atoms with E-state index in [0.717, 1.165) is 5.56 Å². The minimum Gasteiger partial charge on any atom is -0.480 e. The summed E-state index contributed by atoms with van der Waals surface area (Å²) in [6, 6.07) is 7.75. The molecule has 1 aromatic rings. The number of ether oxygens (including phenoxy) is 2. The molecule has 7 heteroatoms. The van der Waals surface area contributed by atoms with Gasteiger partial charge in [0, 0.05) is 6.42 Å². The average Bonchev–Trinajstić information content (AvgIpc) is 2.55. The highest BCUT2D eigenvalue weighted by Crippen LogP contribution is 2.03. The molecule has 0 aliphatic carbocycles. The van der Waals surface area contributed by atoms with Crippen molar-refractivity contribution in [2.45, 2.75) is 25.5 Å². The van der Waals surface area contributed by atoms with Crippen LogP contribution in [-0.4, -0.2) is 35.8 Å². The smallest absolute Gasteiger partial charge is 0.408 e. The minimum atomic E-state index is -1.25. The maximum Gasteiger partial charge on any atom is 0.408 e. The molecule has 1 amide bonds. The molecule has 0 saturated heterocycles. The molecule has 0 aliphatic heterocycles. The van der Waals surface area contributed by atoms with Gasteiger partial charge in [-0.1, -0.05) is 43.0 Å². The summed E-state index contributed by atoms with van der Waals surface area (Å²) in [5.41, 5.74) is 0.780. The number of esters is 1. The second-order valence-electron chi connectivity index (χ2n) is 4.61. The lowest BCUT2D eigenvalue weighted by atomic mass is 10.1. The van der Waals surface area contributed by atoms with Gasteiger partial charge in [-0.2, -0.15) is 0 Å². The summed E-state index contributed by atoms with van der Waals surface area (Å²) < 4.78 is 9.68. The zero-order valence-electron chi connectivity index (χ0n) is 12.6. The van der Waals surface area contributed by atoms with Gasteiger partial charge in [-0.15, -0.1) is 0 Å². The van der Waals surface area contributed by atoms with Gasteiger partial charge in [0.1, 0.15) is 19.3 Å². The van der Waals surface area contributed by atoms with E-state index in [1.54, 1.807) is 24.3 Å². The summed E-state index contributed by atoms with van der Waals surface area (Å²) in [7, 11) is 0. The van der Waals surface area contributed by atoms with Crippen LogP contribution < -0.4 is 5.32 Å². The van der Waals surface area contributed by atoms with Gasteiger partial charge < -0.3 is 19.9 Å². The number of hydrogen-bond donors (Lipinski definition) is 2. The fourth-order valence-electron chi connectivity index (χ4n) is 1.65. The number of carboxylic acids is 1. The second kappa shape index (κ2) is 9.99. The van der Waals surface area contributed by atoms with Crippen LogP contribution in [0.3, 0.4) is 0 Å². The summed E-state index contributed by atoms with van der Waals surface area (Å²) >= 11 is 0. The van der Waals surface area contributed by atoms with Crippen molar-refractivity contribution in [2.75, 3.05) is 6.61 Å². The Kier molecular flexibility index (Phi) is 7.91. The Bertz CT molecular complexity index is 543. The van der Waals surface area contributed by atoms with Gasteiger partial charge >= 0.3 is 18.0 Å². The van der Waals surface area contributed by atoms with E-state index in [0.29, 0.717) is 0 Å². The van der Waals surface area contributed by atoms with Crippen LogP contribution >= 0.6 is 0 Å². The Balaban J connectivity index is 2.39. The summed E-state index contributed by atoms with van der Waals surface area (Å²) in [6.45, 7) is 3.48. The SMILES string of the molecule is C=CCOC(=O)CC[C@H](NC(=O)OCc1ccccc1)C(=O)O. The van der Waals surface area contributed by atoms with Crippen LogP contribution in [0.1, 0.15) is 18.4 Å². The van der Waals surface area contributed by atoms with E-state index in [9.17, 15) is 14.4 Å². The first kappa shape index (κ1) is 18.2. The molecule has 124 valence electrons. The minimum absolute atomic E-state index is 0.0282. The maximum absolute atomic E-state index is 11.6. The zero-order chi connectivity index (χ0) is 17.1. The molecular weight excluding hydrogens is 302 g/mol. The number of carboxylic acid groups (broad SMARTS) is 1. The van der Waals surface area contributed by atoms with Gasteiger partial charge in [0.2, 0.25) is 0 Å². The van der Waals surface area contributed by atoms with Crippen molar-refractivity contribution in [3.05, 3.63) is 48.6 Å². The molecule has 0 radical (unpaired) electrons. The molecule has 1 rings (SSSR count). The van der Waals surface area contributed by atoms with Crippen LogP contribution in [0, 0.1) is 0 Å². The van der Waals surface area contributed by atoms with Crippen LogP contribution in [0.4, 0.5) is 4.79 Å². The zero-order valence-corrected chi connectivity index (χ0v) is 12.6. The van der Waals surface area contributed by atoms with E-state index in [4.69, 9.17) is 14.6 Å². The summed E-state index contributed by atoms with van der Waals surface area (Å²) in [5, 5.41) is 11.3. The molecule has 0 spiro atoms. The van der Waals surface area contributed by atoms with Crippen molar-refractivity contribution in [3.8, 4) is 0 Å². The molecule has 0 unspecified atom stereocenters. The van der Waals surface area contributed by atoms with E-state index in [1.807, 2.05) is 6.07 Å². The third kappa shape index (κ3) is 7.66. The quantitative estimate of drug-likeness (QED) is 0.532. The normalized spacial score (nSPS) is 11.1. The van der Waals surface area contributed by atoms with E-state index >= 15 is 0 Å². The van der Waals surface area contributed by atoms with Gasteiger partial charge in [0.15, 0.2) is 0 Å². The highest BCUT2D eigenvalue weighted by atomic mass is 16.5. The highest BCUT2D eigenvalue weighted by Gasteiger charge is 2.22. The van der Waals surface area contributed by atoms with Crippen molar-refractivity contribution in [3.63, 3.8) is 0 Å². The van der Waals surface area contributed by atoms with Crippen molar-refractivity contribution < 1.29 is 29.0 Å². The fraction of sp³-hybridized carbons (Fsp3) is 0.312. The third-order valence-electron chi connectivity index (χ3n) is 2.80. The first-order chi connectivity index (χ1) is 11.0. The number of aliphatic carboxylic acids is 1. The largest absolute Gasteiger partial charge is 0.480 e. The average molecular weight is 321 g/mol. The molecule has 1 aromatic carbocycles. The van der Waals surface area contributed by atoms with E-state index < -0.39 is 24.1 Å². The summed E-state index contributed by atoms with van der Waals surface area (Å²) in [5.74, 6) is -1.81. The number of benzene rings is 1. The molecule has 0 aliphatic rings. The third-order valence-corrected chi connectivity index (χ3v) is 2.80. The van der Waals surface area contributed by atoms with Crippen molar-refractivity contribution in [1.82, 2.24) is 5.32 Å². The monoisotopic (exact) mass is 321 g/mol. The van der Waals surface area contributed by atoms with Crippen molar-refractivity contribution >= 4 is 18.0 Å². The van der Waals surface area contributed by atoms with Gasteiger partial charge in [-0.3, -0.25) is 4.79 Å². The van der Waals surface area contributed by atoms with Gasteiger partial charge in [0.05, 0.1) is 0 Å². The molecule has 0 saturated carbocycles. The topological polar surface area (TPSA) is 102 Å². The van der Waals surface area contributed by atoms with E-state index in [-0.39, 0.29) is 26.1 Å². The van der Waals surface area contributed by atoms with Crippen molar-refractivity contribution in [2.24, 2.45) is 0 Å². The van der Waals surface area contributed by atoms with Gasteiger partial charge in [-0.25, -0.2) is 9.59 Å². The number of carbonyl (C=O) groups is 3. The molecule has 23 heavy (non-hydrogen) atoms. The van der Waals surface area contributed by atoms with Gasteiger partial charge in [0.25, 0.3) is 0 Å². The Morgan fingerprint density at radius 2 is 1.91 bits per heavy atom. The predicted molar refractivity (Wildman–Crippen MR) is 81.6 cm³/mol. The first-order valence-electron chi connectivity index (χ1n) is 6.99. The Hall–Kier alpha value is -2.83. The lowest BCUT2D eigenvalue weighted by Crippen LogP contribution is -2.41. The van der Waals surface area contributed by atoms with Crippen molar-refractivity contribution in [1.29, 1.82) is 0 Å². The molecule has 0 fully saturated rings. The van der Waals surface area contributed by atoms with Crippen LogP contribution in [-0.2, 0) is 25.7 Å². The Labute approximate surface area is 133 Å². The molecule has 7 nitrogen and oxygen atoms in total. The number of hydrogen-bond acceptors (Lipinski definition) is 5.